The number of methoxy groups -OCH3 is 1. The van der Waals surface area contributed by atoms with Crippen LogP contribution in [0.25, 0.3) is 0 Å². The van der Waals surface area contributed by atoms with Gasteiger partial charge in [0.25, 0.3) is 0 Å². The number of nitrogens with zero attached hydrogens (tertiary/aromatic N) is 1. The summed E-state index contributed by atoms with van der Waals surface area (Å²) in [6.45, 7) is 2.57. The van der Waals surface area contributed by atoms with Crippen LogP contribution in [-0.4, -0.2) is 31.8 Å². The van der Waals surface area contributed by atoms with Crippen molar-refractivity contribution < 1.29 is 4.74 Å². The number of hydrogen-bond acceptors (Lipinski definition) is 4. The quantitative estimate of drug-likeness (QED) is 0.737. The third kappa shape index (κ3) is 4.98. The molecule has 1 N–H and O–H groups in total. The first-order valence-electron chi connectivity index (χ1n) is 6.62. The molecular formula is C15H19BrN2OS. The predicted octanol–water partition coefficient (Wildman–Crippen LogP) is 3.47. The highest BCUT2D eigenvalue weighted by molar-refractivity contribution is 9.10. The first kappa shape index (κ1) is 15.6. The van der Waals surface area contributed by atoms with Gasteiger partial charge < -0.3 is 10.1 Å². The van der Waals surface area contributed by atoms with Crippen molar-refractivity contribution in [2.45, 2.75) is 12.3 Å². The lowest BCUT2D eigenvalue weighted by molar-refractivity contribution is 0.199. The molecule has 108 valence electrons. The van der Waals surface area contributed by atoms with Gasteiger partial charge in [-0.15, -0.1) is 11.3 Å². The second kappa shape index (κ2) is 8.52. The van der Waals surface area contributed by atoms with Gasteiger partial charge in [0.1, 0.15) is 0 Å². The van der Waals surface area contributed by atoms with Crippen molar-refractivity contribution in [3.05, 3.63) is 50.9 Å². The van der Waals surface area contributed by atoms with Gasteiger partial charge >= 0.3 is 0 Å². The number of aromatic nitrogens is 1. The normalized spacial score (nSPS) is 12.5. The van der Waals surface area contributed by atoms with E-state index in [1.807, 2.05) is 11.7 Å². The monoisotopic (exact) mass is 354 g/mol. The van der Waals surface area contributed by atoms with E-state index in [4.69, 9.17) is 4.74 Å². The maximum Gasteiger partial charge on any atom is 0.0794 e. The second-order valence-electron chi connectivity index (χ2n) is 4.62. The van der Waals surface area contributed by atoms with E-state index >= 15 is 0 Å². The van der Waals surface area contributed by atoms with Crippen LogP contribution in [-0.2, 0) is 11.2 Å². The van der Waals surface area contributed by atoms with Crippen LogP contribution in [0.3, 0.4) is 0 Å². The molecule has 0 fully saturated rings. The lowest BCUT2D eigenvalue weighted by Crippen LogP contribution is -2.26. The summed E-state index contributed by atoms with van der Waals surface area (Å²) in [5.74, 6) is 0.459. The van der Waals surface area contributed by atoms with Crippen molar-refractivity contribution in [1.82, 2.24) is 10.3 Å². The molecule has 1 aromatic carbocycles. The zero-order chi connectivity index (χ0) is 14.2. The average molecular weight is 355 g/mol. The molecule has 1 heterocycles. The van der Waals surface area contributed by atoms with Crippen molar-refractivity contribution >= 4 is 27.3 Å². The molecule has 0 aliphatic carbocycles. The maximum absolute atomic E-state index is 5.07. The average Bonchev–Trinajstić information content (AvgIpc) is 2.96. The highest BCUT2D eigenvalue weighted by atomic mass is 79.9. The lowest BCUT2D eigenvalue weighted by Gasteiger charge is -2.17. The molecule has 0 saturated heterocycles. The third-order valence-electron chi connectivity index (χ3n) is 3.15. The first-order valence-corrected chi connectivity index (χ1v) is 8.29. The summed E-state index contributed by atoms with van der Waals surface area (Å²) in [7, 11) is 1.73. The summed E-state index contributed by atoms with van der Waals surface area (Å²) in [5.41, 5.74) is 3.25. The van der Waals surface area contributed by atoms with Gasteiger partial charge in [-0.25, -0.2) is 0 Å². The third-order valence-corrected chi connectivity index (χ3v) is 4.48. The van der Waals surface area contributed by atoms with Crippen LogP contribution < -0.4 is 5.32 Å². The summed E-state index contributed by atoms with van der Waals surface area (Å²) >= 11 is 5.21. The predicted molar refractivity (Wildman–Crippen MR) is 87.4 cm³/mol. The Kier molecular flexibility index (Phi) is 6.66. The van der Waals surface area contributed by atoms with Gasteiger partial charge in [0.15, 0.2) is 0 Å². The Hall–Kier alpha value is -0.750. The molecule has 0 amide bonds. The van der Waals surface area contributed by atoms with Crippen LogP contribution in [0.2, 0.25) is 0 Å². The number of ether oxygens (including phenoxy) is 1. The molecule has 5 heteroatoms. The Morgan fingerprint density at radius 1 is 1.35 bits per heavy atom. The Bertz CT molecular complexity index is 487. The second-order valence-corrected chi connectivity index (χ2v) is 6.50. The fourth-order valence-electron chi connectivity index (χ4n) is 2.08. The summed E-state index contributed by atoms with van der Waals surface area (Å²) in [6, 6.07) is 8.58. The van der Waals surface area contributed by atoms with Crippen LogP contribution >= 0.6 is 27.3 Å². The molecule has 0 bridgehead atoms. The van der Waals surface area contributed by atoms with E-state index in [0.29, 0.717) is 5.92 Å². The Morgan fingerprint density at radius 3 is 2.80 bits per heavy atom. The standard InChI is InChI=1S/C15H19BrN2OS/c1-19-7-6-17-9-13(8-15-10-18-11-20-15)12-2-4-14(16)5-3-12/h2-5,10-11,13,17H,6-9H2,1H3. The molecule has 2 aromatic rings. The lowest BCUT2D eigenvalue weighted by atomic mass is 9.95. The van der Waals surface area contributed by atoms with Gasteiger partial charge in [-0.05, 0) is 24.1 Å². The smallest absolute Gasteiger partial charge is 0.0794 e. The van der Waals surface area contributed by atoms with E-state index in [1.165, 1.54) is 10.4 Å². The fourth-order valence-corrected chi connectivity index (χ4v) is 3.02. The molecule has 1 atom stereocenters. The summed E-state index contributed by atoms with van der Waals surface area (Å²) in [4.78, 5) is 5.49. The number of halogens is 1. The van der Waals surface area contributed by atoms with Gasteiger partial charge in [-0.3, -0.25) is 4.98 Å². The molecule has 1 aromatic heterocycles. The van der Waals surface area contributed by atoms with E-state index in [9.17, 15) is 0 Å². The van der Waals surface area contributed by atoms with Crippen molar-refractivity contribution in [2.24, 2.45) is 0 Å². The molecular weight excluding hydrogens is 336 g/mol. The molecule has 0 spiro atoms. The van der Waals surface area contributed by atoms with Crippen molar-refractivity contribution in [1.29, 1.82) is 0 Å². The maximum atomic E-state index is 5.07. The molecule has 3 nitrogen and oxygen atoms in total. The number of hydrogen-bond donors (Lipinski definition) is 1. The van der Waals surface area contributed by atoms with Gasteiger partial charge in [0.2, 0.25) is 0 Å². The minimum absolute atomic E-state index is 0.459. The molecule has 2 rings (SSSR count). The fraction of sp³-hybridized carbons (Fsp3) is 0.400. The van der Waals surface area contributed by atoms with Gasteiger partial charge in [0.05, 0.1) is 12.1 Å². The number of nitrogens with one attached hydrogen (secondary N) is 1. The van der Waals surface area contributed by atoms with Crippen molar-refractivity contribution in [2.75, 3.05) is 26.8 Å². The van der Waals surface area contributed by atoms with Crippen LogP contribution in [0.15, 0.2) is 40.4 Å². The van der Waals surface area contributed by atoms with Crippen molar-refractivity contribution in [3.63, 3.8) is 0 Å². The van der Waals surface area contributed by atoms with Crippen LogP contribution in [0.1, 0.15) is 16.4 Å². The number of thiazole rings is 1. The summed E-state index contributed by atoms with van der Waals surface area (Å²) in [6.07, 6.45) is 2.98. The SMILES string of the molecule is COCCNCC(Cc1cncs1)c1ccc(Br)cc1. The van der Waals surface area contributed by atoms with Gasteiger partial charge in [-0.2, -0.15) is 0 Å². The molecule has 1 unspecified atom stereocenters. The topological polar surface area (TPSA) is 34.1 Å². The Morgan fingerprint density at radius 2 is 2.15 bits per heavy atom. The van der Waals surface area contributed by atoms with Gasteiger partial charge in [0, 0.05) is 41.7 Å². The van der Waals surface area contributed by atoms with E-state index in [-0.39, 0.29) is 0 Å². The number of rotatable bonds is 8. The van der Waals surface area contributed by atoms with E-state index in [2.05, 4.69) is 50.5 Å². The highest BCUT2D eigenvalue weighted by Crippen LogP contribution is 2.23. The molecule has 0 aliphatic rings. The summed E-state index contributed by atoms with van der Waals surface area (Å²) < 4.78 is 6.19. The minimum Gasteiger partial charge on any atom is -0.383 e. The molecule has 0 radical (unpaired) electrons. The van der Waals surface area contributed by atoms with Crippen LogP contribution in [0.5, 0.6) is 0 Å². The van der Waals surface area contributed by atoms with Gasteiger partial charge in [-0.1, -0.05) is 28.1 Å². The highest BCUT2D eigenvalue weighted by Gasteiger charge is 2.13. The molecule has 0 aliphatic heterocycles. The Labute approximate surface area is 132 Å². The molecule has 0 saturated carbocycles. The Balaban J connectivity index is 2.00. The van der Waals surface area contributed by atoms with E-state index in [1.54, 1.807) is 18.4 Å². The zero-order valence-corrected chi connectivity index (χ0v) is 13.9. The van der Waals surface area contributed by atoms with E-state index in [0.717, 1.165) is 30.6 Å². The van der Waals surface area contributed by atoms with Crippen molar-refractivity contribution in [3.8, 4) is 0 Å². The zero-order valence-electron chi connectivity index (χ0n) is 11.5. The van der Waals surface area contributed by atoms with E-state index < -0.39 is 0 Å². The van der Waals surface area contributed by atoms with Crippen LogP contribution in [0.4, 0.5) is 0 Å². The largest absolute Gasteiger partial charge is 0.383 e. The first-order chi connectivity index (χ1) is 9.79. The minimum atomic E-state index is 0.459. The molecule has 20 heavy (non-hydrogen) atoms. The van der Waals surface area contributed by atoms with Crippen LogP contribution in [0, 0.1) is 0 Å². The number of benzene rings is 1. The summed E-state index contributed by atoms with van der Waals surface area (Å²) in [5, 5.41) is 3.46.